The van der Waals surface area contributed by atoms with Crippen molar-refractivity contribution in [2.45, 2.75) is 13.3 Å². The first kappa shape index (κ1) is 10.3. The Balaban J connectivity index is 3.27. The normalized spacial score (nSPS) is 9.64. The molecule has 0 aromatic carbocycles. The maximum Gasteiger partial charge on any atom is 0.183 e. The number of aliphatic hydroxyl groups is 1. The van der Waals surface area contributed by atoms with Crippen LogP contribution in [0.1, 0.15) is 13.3 Å². The smallest absolute Gasteiger partial charge is 0.183 e. The zero-order valence-corrected chi connectivity index (χ0v) is 6.50. The van der Waals surface area contributed by atoms with Crippen LogP contribution in [0.4, 0.5) is 0 Å². The first-order valence-electron chi connectivity index (χ1n) is 3.42. The molecule has 0 saturated heterocycles. The van der Waals surface area contributed by atoms with Crippen LogP contribution in [0.5, 0.6) is 0 Å². The Morgan fingerprint density at radius 3 is 2.27 bits per heavy atom. The average Bonchev–Trinajstić information content (AvgIpc) is 2.04. The first-order valence-corrected chi connectivity index (χ1v) is 3.42. The van der Waals surface area contributed by atoms with Crippen molar-refractivity contribution in [3.63, 3.8) is 0 Å². The molecule has 64 valence electrons. The second kappa shape index (κ2) is 6.00. The molecular weight excluding hydrogens is 148 g/mol. The van der Waals surface area contributed by atoms with Crippen molar-refractivity contribution in [3.05, 3.63) is 0 Å². The molecule has 0 bridgehead atoms. The van der Waals surface area contributed by atoms with Crippen molar-refractivity contribution >= 4 is 11.6 Å². The summed E-state index contributed by atoms with van der Waals surface area (Å²) in [5.74, 6) is -0.454. The Labute approximate surface area is 65.2 Å². The van der Waals surface area contributed by atoms with Gasteiger partial charge in [-0.15, -0.1) is 0 Å². The molecule has 0 unspecified atom stereocenters. The van der Waals surface area contributed by atoms with Gasteiger partial charge in [0, 0.05) is 6.42 Å². The zero-order valence-electron chi connectivity index (χ0n) is 6.50. The van der Waals surface area contributed by atoms with Crippen molar-refractivity contribution in [1.82, 2.24) is 0 Å². The van der Waals surface area contributed by atoms with Gasteiger partial charge in [-0.05, 0) is 0 Å². The summed E-state index contributed by atoms with van der Waals surface area (Å²) in [4.78, 5) is 21.0. The summed E-state index contributed by atoms with van der Waals surface area (Å²) in [7, 11) is 0. The highest BCUT2D eigenvalue weighted by molar-refractivity contribution is 5.82. The fourth-order valence-corrected chi connectivity index (χ4v) is 0.426. The lowest BCUT2D eigenvalue weighted by Gasteiger charge is -1.98. The third kappa shape index (κ3) is 5.69. The quantitative estimate of drug-likeness (QED) is 0.571. The Hall–Kier alpha value is -0.740. The molecule has 0 atom stereocenters. The van der Waals surface area contributed by atoms with Crippen LogP contribution in [-0.2, 0) is 14.3 Å². The van der Waals surface area contributed by atoms with Gasteiger partial charge in [-0.3, -0.25) is 9.59 Å². The average molecular weight is 160 g/mol. The van der Waals surface area contributed by atoms with Gasteiger partial charge in [-0.2, -0.15) is 0 Å². The standard InChI is InChI=1S/C7H12O4/c1-2-6(9)4-11-5-7(10)3-8/h8H,2-5H2,1H3. The van der Waals surface area contributed by atoms with Crippen LogP contribution < -0.4 is 0 Å². The number of hydrogen-bond donors (Lipinski definition) is 1. The molecule has 0 spiro atoms. The lowest BCUT2D eigenvalue weighted by molar-refractivity contribution is -0.130. The number of rotatable bonds is 6. The molecule has 0 fully saturated rings. The molecule has 0 heterocycles. The Morgan fingerprint density at radius 2 is 1.82 bits per heavy atom. The predicted octanol–water partition coefficient (Wildman–Crippen LogP) is -0.456. The van der Waals surface area contributed by atoms with E-state index in [1.165, 1.54) is 0 Å². The fourth-order valence-electron chi connectivity index (χ4n) is 0.426. The summed E-state index contributed by atoms with van der Waals surface area (Å²) in [5.41, 5.74) is 0. The van der Waals surface area contributed by atoms with E-state index in [2.05, 4.69) is 4.74 Å². The van der Waals surface area contributed by atoms with E-state index in [4.69, 9.17) is 5.11 Å². The molecule has 0 saturated carbocycles. The monoisotopic (exact) mass is 160 g/mol. The highest BCUT2D eigenvalue weighted by atomic mass is 16.5. The number of Topliss-reactive ketones (excluding diaryl/α,β-unsaturated/α-hetero) is 2. The van der Waals surface area contributed by atoms with Crippen molar-refractivity contribution in [1.29, 1.82) is 0 Å². The summed E-state index contributed by atoms with van der Waals surface area (Å²) in [6, 6.07) is 0. The lowest BCUT2D eigenvalue weighted by Crippen LogP contribution is -2.16. The summed E-state index contributed by atoms with van der Waals surface area (Å²) in [6.07, 6.45) is 0.410. The molecule has 1 N–H and O–H groups in total. The Kier molecular flexibility index (Phi) is 5.60. The van der Waals surface area contributed by atoms with E-state index in [0.29, 0.717) is 6.42 Å². The van der Waals surface area contributed by atoms with Crippen LogP contribution >= 0.6 is 0 Å². The van der Waals surface area contributed by atoms with E-state index in [1.54, 1.807) is 6.92 Å². The molecule has 4 heteroatoms. The highest BCUT2D eigenvalue weighted by Crippen LogP contribution is 1.83. The van der Waals surface area contributed by atoms with Gasteiger partial charge in [-0.25, -0.2) is 0 Å². The number of ether oxygens (including phenoxy) is 1. The van der Waals surface area contributed by atoms with Crippen molar-refractivity contribution in [3.8, 4) is 0 Å². The van der Waals surface area contributed by atoms with Crippen LogP contribution in [0.15, 0.2) is 0 Å². The summed E-state index contributed by atoms with van der Waals surface area (Å²) >= 11 is 0. The zero-order chi connectivity index (χ0) is 8.69. The molecule has 0 aliphatic rings. The second-order valence-electron chi connectivity index (χ2n) is 2.08. The molecule has 0 aliphatic carbocycles. The number of carbonyl (C=O) groups excluding carboxylic acids is 2. The van der Waals surface area contributed by atoms with Gasteiger partial charge >= 0.3 is 0 Å². The van der Waals surface area contributed by atoms with Crippen LogP contribution in [0.2, 0.25) is 0 Å². The van der Waals surface area contributed by atoms with Crippen LogP contribution in [0.3, 0.4) is 0 Å². The van der Waals surface area contributed by atoms with E-state index in [9.17, 15) is 9.59 Å². The molecular formula is C7H12O4. The van der Waals surface area contributed by atoms with Gasteiger partial charge in [0.05, 0.1) is 0 Å². The maximum atomic E-state index is 10.6. The third-order valence-electron chi connectivity index (χ3n) is 1.10. The Bertz CT molecular complexity index is 125. The fraction of sp³-hybridized carbons (Fsp3) is 0.714. The largest absolute Gasteiger partial charge is 0.388 e. The van der Waals surface area contributed by atoms with Crippen molar-refractivity contribution in [2.75, 3.05) is 19.8 Å². The number of hydrogen-bond acceptors (Lipinski definition) is 4. The second-order valence-corrected chi connectivity index (χ2v) is 2.08. The van der Waals surface area contributed by atoms with E-state index in [-0.39, 0.29) is 19.0 Å². The summed E-state index contributed by atoms with van der Waals surface area (Å²) in [6.45, 7) is 0.977. The third-order valence-corrected chi connectivity index (χ3v) is 1.10. The van der Waals surface area contributed by atoms with E-state index >= 15 is 0 Å². The molecule has 4 nitrogen and oxygen atoms in total. The summed E-state index contributed by atoms with van der Waals surface area (Å²) in [5, 5.41) is 8.24. The number of carbonyl (C=O) groups is 2. The van der Waals surface area contributed by atoms with Gasteiger partial charge in [0.15, 0.2) is 11.6 Å². The van der Waals surface area contributed by atoms with Gasteiger partial charge in [-0.1, -0.05) is 6.92 Å². The van der Waals surface area contributed by atoms with E-state index in [0.717, 1.165) is 0 Å². The lowest BCUT2D eigenvalue weighted by atomic mass is 10.3. The minimum atomic E-state index is -0.527. The molecule has 0 aromatic heterocycles. The number of aliphatic hydroxyl groups excluding tert-OH is 1. The van der Waals surface area contributed by atoms with Crippen LogP contribution in [-0.4, -0.2) is 36.5 Å². The number of ketones is 2. The minimum absolute atomic E-state index is 0.0394. The van der Waals surface area contributed by atoms with Gasteiger partial charge in [0.2, 0.25) is 0 Å². The molecule has 0 amide bonds. The van der Waals surface area contributed by atoms with E-state index < -0.39 is 12.4 Å². The topological polar surface area (TPSA) is 63.6 Å². The predicted molar refractivity (Wildman–Crippen MR) is 38.2 cm³/mol. The van der Waals surface area contributed by atoms with Crippen LogP contribution in [0.25, 0.3) is 0 Å². The van der Waals surface area contributed by atoms with Crippen LogP contribution in [0, 0.1) is 0 Å². The maximum absolute atomic E-state index is 10.6. The van der Waals surface area contributed by atoms with Gasteiger partial charge in [0.1, 0.15) is 19.8 Å². The molecule has 0 radical (unpaired) electrons. The molecule has 11 heavy (non-hydrogen) atoms. The van der Waals surface area contributed by atoms with E-state index in [1.807, 2.05) is 0 Å². The van der Waals surface area contributed by atoms with Crippen molar-refractivity contribution < 1.29 is 19.4 Å². The first-order chi connectivity index (χ1) is 5.20. The highest BCUT2D eigenvalue weighted by Gasteiger charge is 2.01. The summed E-state index contributed by atoms with van der Waals surface area (Å²) < 4.78 is 4.68. The molecule has 0 rings (SSSR count). The van der Waals surface area contributed by atoms with Gasteiger partial charge in [0.25, 0.3) is 0 Å². The molecule has 0 aliphatic heterocycles. The molecule has 0 aromatic rings. The van der Waals surface area contributed by atoms with Crippen molar-refractivity contribution in [2.24, 2.45) is 0 Å². The van der Waals surface area contributed by atoms with Gasteiger partial charge < -0.3 is 9.84 Å². The minimum Gasteiger partial charge on any atom is -0.388 e. The SMILES string of the molecule is CCC(=O)COCC(=O)CO. The Morgan fingerprint density at radius 1 is 1.27 bits per heavy atom.